The summed E-state index contributed by atoms with van der Waals surface area (Å²) < 4.78 is 28.8. The lowest BCUT2D eigenvalue weighted by Crippen LogP contribution is -2.17. The first-order chi connectivity index (χ1) is 14.0. The Hall–Kier alpha value is -3.12. The summed E-state index contributed by atoms with van der Waals surface area (Å²) in [6.45, 7) is 9.37. The van der Waals surface area contributed by atoms with Gasteiger partial charge in [0.2, 0.25) is 0 Å². The second-order valence-corrected chi connectivity index (χ2v) is 9.39. The van der Waals surface area contributed by atoms with Crippen molar-refractivity contribution >= 4 is 27.3 Å². The molecule has 0 saturated heterocycles. The fraction of sp³-hybridized carbons (Fsp3) is 0.208. The van der Waals surface area contributed by atoms with Crippen LogP contribution in [0.4, 0.5) is 11.4 Å². The third-order valence-electron chi connectivity index (χ3n) is 4.86. The molecule has 30 heavy (non-hydrogen) atoms. The Labute approximate surface area is 178 Å². The van der Waals surface area contributed by atoms with Crippen LogP contribution in [0.5, 0.6) is 0 Å². The van der Waals surface area contributed by atoms with Crippen molar-refractivity contribution in [1.82, 2.24) is 0 Å². The number of anilines is 2. The van der Waals surface area contributed by atoms with Gasteiger partial charge in [-0.2, -0.15) is 0 Å². The Balaban J connectivity index is 1.92. The van der Waals surface area contributed by atoms with E-state index in [-0.39, 0.29) is 16.4 Å². The summed E-state index contributed by atoms with van der Waals surface area (Å²) in [5, 5.41) is 2.85. The first-order valence-corrected chi connectivity index (χ1v) is 11.1. The summed E-state index contributed by atoms with van der Waals surface area (Å²) in [7, 11) is -3.86. The fourth-order valence-corrected chi connectivity index (χ4v) is 4.72. The minimum atomic E-state index is -3.86. The molecule has 1 amide bonds. The van der Waals surface area contributed by atoms with Crippen LogP contribution in [-0.4, -0.2) is 14.3 Å². The van der Waals surface area contributed by atoms with Gasteiger partial charge < -0.3 is 5.32 Å². The molecule has 3 aromatic rings. The molecule has 0 aromatic heterocycles. The van der Waals surface area contributed by atoms with Crippen LogP contribution in [0, 0.1) is 34.6 Å². The second kappa shape index (κ2) is 8.32. The van der Waals surface area contributed by atoms with Crippen LogP contribution in [0.1, 0.15) is 38.2 Å². The number of amides is 1. The molecule has 3 aromatic carbocycles. The fourth-order valence-electron chi connectivity index (χ4n) is 3.33. The molecule has 0 aliphatic rings. The van der Waals surface area contributed by atoms with Gasteiger partial charge in [-0.3, -0.25) is 9.52 Å². The zero-order chi connectivity index (χ0) is 22.1. The lowest BCUT2D eigenvalue weighted by Gasteiger charge is -2.14. The van der Waals surface area contributed by atoms with Crippen molar-refractivity contribution in [2.45, 2.75) is 39.5 Å². The van der Waals surface area contributed by atoms with Gasteiger partial charge in [0.05, 0.1) is 10.6 Å². The summed E-state index contributed by atoms with van der Waals surface area (Å²) in [6.07, 6.45) is 0. The molecule has 5 nitrogen and oxygen atoms in total. The SMILES string of the molecule is Cc1cc(C)cc(NC(=O)c2ccc(C)c(S(=O)(=O)Nc3cc(C)ccc3C)c2)c1. The largest absolute Gasteiger partial charge is 0.322 e. The van der Waals surface area contributed by atoms with E-state index in [0.29, 0.717) is 16.9 Å². The number of rotatable bonds is 5. The molecule has 0 saturated carbocycles. The molecule has 0 bridgehead atoms. The van der Waals surface area contributed by atoms with Gasteiger partial charge in [-0.1, -0.05) is 24.3 Å². The number of carbonyl (C=O) groups excluding carboxylic acids is 1. The average molecular weight is 423 g/mol. The van der Waals surface area contributed by atoms with Crippen LogP contribution in [0.25, 0.3) is 0 Å². The summed E-state index contributed by atoms with van der Waals surface area (Å²) in [5.74, 6) is -0.358. The summed E-state index contributed by atoms with van der Waals surface area (Å²) in [5.41, 5.74) is 5.90. The maximum atomic E-state index is 13.1. The van der Waals surface area contributed by atoms with Gasteiger partial charge in [-0.05, 0) is 92.8 Å². The zero-order valence-electron chi connectivity index (χ0n) is 17.8. The van der Waals surface area contributed by atoms with E-state index in [2.05, 4.69) is 10.0 Å². The second-order valence-electron chi connectivity index (χ2n) is 7.73. The molecule has 2 N–H and O–H groups in total. The molecule has 156 valence electrons. The molecule has 0 aliphatic heterocycles. The van der Waals surface area contributed by atoms with E-state index in [0.717, 1.165) is 22.3 Å². The maximum absolute atomic E-state index is 13.1. The number of sulfonamides is 1. The standard InChI is InChI=1S/C24H26N2O3S/c1-15-6-7-18(4)22(13-15)26-30(28,29)23-14-20(9-8-19(23)5)24(27)25-21-11-16(2)10-17(3)12-21/h6-14,26H,1-5H3,(H,25,27). The normalized spacial score (nSPS) is 11.2. The average Bonchev–Trinajstić information content (AvgIpc) is 2.63. The molecule has 0 spiro atoms. The molecule has 6 heteroatoms. The van der Waals surface area contributed by atoms with Gasteiger partial charge in [0.15, 0.2) is 0 Å². The lowest BCUT2D eigenvalue weighted by molar-refractivity contribution is 0.102. The van der Waals surface area contributed by atoms with Crippen molar-refractivity contribution < 1.29 is 13.2 Å². The molecular formula is C24H26N2O3S. The Morgan fingerprint density at radius 3 is 2.03 bits per heavy atom. The Bertz CT molecular complexity index is 1210. The van der Waals surface area contributed by atoms with Crippen molar-refractivity contribution in [3.05, 3.63) is 88.0 Å². The third-order valence-corrected chi connectivity index (χ3v) is 6.36. The molecule has 0 atom stereocenters. The molecule has 0 heterocycles. The van der Waals surface area contributed by atoms with Crippen molar-refractivity contribution in [1.29, 1.82) is 0 Å². The topological polar surface area (TPSA) is 75.3 Å². The highest BCUT2D eigenvalue weighted by Crippen LogP contribution is 2.24. The predicted octanol–water partition coefficient (Wildman–Crippen LogP) is 5.28. The van der Waals surface area contributed by atoms with E-state index in [1.165, 1.54) is 6.07 Å². The van der Waals surface area contributed by atoms with Crippen molar-refractivity contribution in [2.24, 2.45) is 0 Å². The van der Waals surface area contributed by atoms with Crippen LogP contribution < -0.4 is 10.0 Å². The minimum Gasteiger partial charge on any atom is -0.322 e. The maximum Gasteiger partial charge on any atom is 0.262 e. The van der Waals surface area contributed by atoms with E-state index < -0.39 is 10.0 Å². The number of nitrogens with one attached hydrogen (secondary N) is 2. The van der Waals surface area contributed by atoms with E-state index in [9.17, 15) is 13.2 Å². The van der Waals surface area contributed by atoms with Crippen molar-refractivity contribution in [3.8, 4) is 0 Å². The van der Waals surface area contributed by atoms with E-state index in [1.807, 2.05) is 58.0 Å². The number of aryl methyl sites for hydroxylation is 5. The predicted molar refractivity (Wildman–Crippen MR) is 122 cm³/mol. The van der Waals surface area contributed by atoms with Gasteiger partial charge in [0.1, 0.15) is 0 Å². The smallest absolute Gasteiger partial charge is 0.262 e. The van der Waals surface area contributed by atoms with Gasteiger partial charge in [0, 0.05) is 11.3 Å². The number of benzene rings is 3. The van der Waals surface area contributed by atoms with Crippen LogP contribution in [0.15, 0.2) is 59.5 Å². The zero-order valence-corrected chi connectivity index (χ0v) is 18.6. The van der Waals surface area contributed by atoms with Crippen molar-refractivity contribution in [2.75, 3.05) is 10.0 Å². The number of hydrogen-bond donors (Lipinski definition) is 2. The van der Waals surface area contributed by atoms with Crippen molar-refractivity contribution in [3.63, 3.8) is 0 Å². The lowest BCUT2D eigenvalue weighted by atomic mass is 10.1. The highest BCUT2D eigenvalue weighted by molar-refractivity contribution is 7.92. The summed E-state index contributed by atoms with van der Waals surface area (Å²) in [6, 6.07) is 16.0. The van der Waals surface area contributed by atoms with Gasteiger partial charge in [-0.25, -0.2) is 8.42 Å². The molecule has 3 rings (SSSR count). The van der Waals surface area contributed by atoms with Crippen LogP contribution in [0.3, 0.4) is 0 Å². The Kier molecular flexibility index (Phi) is 5.99. The highest BCUT2D eigenvalue weighted by atomic mass is 32.2. The monoisotopic (exact) mass is 422 g/mol. The third kappa shape index (κ3) is 4.89. The quantitative estimate of drug-likeness (QED) is 0.587. The van der Waals surface area contributed by atoms with Crippen LogP contribution in [0.2, 0.25) is 0 Å². The highest BCUT2D eigenvalue weighted by Gasteiger charge is 2.20. The van der Waals surface area contributed by atoms with E-state index in [1.54, 1.807) is 25.1 Å². The van der Waals surface area contributed by atoms with Crippen LogP contribution in [-0.2, 0) is 10.0 Å². The minimum absolute atomic E-state index is 0.0801. The molecule has 0 aliphatic carbocycles. The molecule has 0 fully saturated rings. The Morgan fingerprint density at radius 2 is 1.37 bits per heavy atom. The van der Waals surface area contributed by atoms with Crippen LogP contribution >= 0.6 is 0 Å². The molecule has 0 unspecified atom stereocenters. The van der Waals surface area contributed by atoms with E-state index in [4.69, 9.17) is 0 Å². The molecule has 0 radical (unpaired) electrons. The van der Waals surface area contributed by atoms with Gasteiger partial charge >= 0.3 is 0 Å². The summed E-state index contributed by atoms with van der Waals surface area (Å²) >= 11 is 0. The number of carbonyl (C=O) groups is 1. The van der Waals surface area contributed by atoms with Gasteiger partial charge in [-0.15, -0.1) is 0 Å². The first-order valence-electron chi connectivity index (χ1n) is 9.65. The van der Waals surface area contributed by atoms with E-state index >= 15 is 0 Å². The Morgan fingerprint density at radius 1 is 0.733 bits per heavy atom. The van der Waals surface area contributed by atoms with Gasteiger partial charge in [0.25, 0.3) is 15.9 Å². The first kappa shape index (κ1) is 21.6. The summed E-state index contributed by atoms with van der Waals surface area (Å²) in [4.78, 5) is 12.8. The molecular weight excluding hydrogens is 396 g/mol. The number of hydrogen-bond acceptors (Lipinski definition) is 3.